The molecule has 5 nitrogen and oxygen atoms in total. The molecule has 0 bridgehead atoms. The number of rotatable bonds is 4. The third-order valence-electron chi connectivity index (χ3n) is 4.43. The van der Waals surface area contributed by atoms with Gasteiger partial charge in [0, 0.05) is 24.8 Å². The van der Waals surface area contributed by atoms with Crippen molar-refractivity contribution in [3.8, 4) is 0 Å². The van der Waals surface area contributed by atoms with E-state index in [-0.39, 0.29) is 24.1 Å². The molecule has 1 aliphatic heterocycles. The normalized spacial score (nSPS) is 17.6. The first-order valence-electron chi connectivity index (χ1n) is 7.79. The first kappa shape index (κ1) is 15.5. The van der Waals surface area contributed by atoms with E-state index in [0.717, 1.165) is 30.2 Å². The van der Waals surface area contributed by atoms with E-state index < -0.39 is 5.97 Å². The van der Waals surface area contributed by atoms with Gasteiger partial charge < -0.3 is 15.1 Å². The van der Waals surface area contributed by atoms with Crippen molar-refractivity contribution in [1.82, 2.24) is 4.90 Å². The molecule has 1 aliphatic rings. The minimum Gasteiger partial charge on any atom is -0.478 e. The number of carbonyl (C=O) groups is 2. The molecule has 1 saturated heterocycles. The number of carboxylic acids is 1. The Morgan fingerprint density at radius 3 is 2.39 bits per heavy atom. The molecule has 0 spiro atoms. The van der Waals surface area contributed by atoms with Crippen molar-refractivity contribution in [1.29, 1.82) is 0 Å². The standard InChI is InChI=1S/C18H19NO4/c20-9-7-16-2-1-8-19(16)17(21)14-5-3-13-11-15(18(22)23)6-4-12(13)10-14/h3-6,10-11,16,20H,1-2,7-9H2,(H,22,23). The lowest BCUT2D eigenvalue weighted by Gasteiger charge is -2.24. The summed E-state index contributed by atoms with van der Waals surface area (Å²) >= 11 is 0. The Kier molecular flexibility index (Phi) is 4.30. The Balaban J connectivity index is 1.89. The van der Waals surface area contributed by atoms with Crippen molar-refractivity contribution in [3.05, 3.63) is 47.5 Å². The molecule has 2 aromatic rings. The number of benzene rings is 2. The summed E-state index contributed by atoms with van der Waals surface area (Å²) in [5.41, 5.74) is 0.838. The summed E-state index contributed by atoms with van der Waals surface area (Å²) < 4.78 is 0. The molecule has 2 aromatic carbocycles. The fourth-order valence-corrected chi connectivity index (χ4v) is 3.23. The summed E-state index contributed by atoms with van der Waals surface area (Å²) in [5.74, 6) is -0.985. The van der Waals surface area contributed by atoms with Crippen molar-refractivity contribution >= 4 is 22.6 Å². The summed E-state index contributed by atoms with van der Waals surface area (Å²) in [7, 11) is 0. The number of aliphatic hydroxyl groups excluding tert-OH is 1. The van der Waals surface area contributed by atoms with Crippen LogP contribution in [0, 0.1) is 0 Å². The molecule has 1 fully saturated rings. The third kappa shape index (κ3) is 3.05. The van der Waals surface area contributed by atoms with Crippen LogP contribution in [-0.4, -0.2) is 46.2 Å². The monoisotopic (exact) mass is 313 g/mol. The van der Waals surface area contributed by atoms with Gasteiger partial charge in [-0.3, -0.25) is 4.79 Å². The van der Waals surface area contributed by atoms with Gasteiger partial charge in [-0.1, -0.05) is 12.1 Å². The van der Waals surface area contributed by atoms with Crippen molar-refractivity contribution < 1.29 is 19.8 Å². The number of hydrogen-bond donors (Lipinski definition) is 2. The molecule has 0 saturated carbocycles. The molecule has 2 N–H and O–H groups in total. The molecule has 120 valence electrons. The number of fused-ring (bicyclic) bond motifs is 1. The van der Waals surface area contributed by atoms with E-state index in [0.29, 0.717) is 12.0 Å². The van der Waals surface area contributed by atoms with Crippen LogP contribution < -0.4 is 0 Å². The lowest BCUT2D eigenvalue weighted by Crippen LogP contribution is -2.36. The van der Waals surface area contributed by atoms with Crippen molar-refractivity contribution in [2.24, 2.45) is 0 Å². The number of nitrogens with zero attached hydrogens (tertiary/aromatic N) is 1. The summed E-state index contributed by atoms with van der Waals surface area (Å²) in [6, 6.07) is 10.3. The predicted molar refractivity (Wildman–Crippen MR) is 86.7 cm³/mol. The van der Waals surface area contributed by atoms with Crippen LogP contribution in [0.4, 0.5) is 0 Å². The van der Waals surface area contributed by atoms with Gasteiger partial charge in [0.1, 0.15) is 0 Å². The number of carboxylic acid groups (broad SMARTS) is 1. The van der Waals surface area contributed by atoms with E-state index >= 15 is 0 Å². The van der Waals surface area contributed by atoms with Gasteiger partial charge in [0.2, 0.25) is 0 Å². The van der Waals surface area contributed by atoms with E-state index in [1.54, 1.807) is 36.4 Å². The lowest BCUT2D eigenvalue weighted by molar-refractivity contribution is 0.0692. The van der Waals surface area contributed by atoms with Crippen LogP contribution in [0.5, 0.6) is 0 Å². The Morgan fingerprint density at radius 2 is 1.74 bits per heavy atom. The molecule has 5 heteroatoms. The third-order valence-corrected chi connectivity index (χ3v) is 4.43. The van der Waals surface area contributed by atoms with Crippen LogP contribution in [0.3, 0.4) is 0 Å². The van der Waals surface area contributed by atoms with Crippen LogP contribution in [0.1, 0.15) is 40.0 Å². The molecular formula is C18H19NO4. The molecule has 3 rings (SSSR count). The van der Waals surface area contributed by atoms with E-state index in [9.17, 15) is 9.59 Å². The Labute approximate surface area is 134 Å². The number of hydrogen-bond acceptors (Lipinski definition) is 3. The predicted octanol–water partition coefficient (Wildman–Crippen LogP) is 2.53. The smallest absolute Gasteiger partial charge is 0.335 e. The SMILES string of the molecule is O=C(O)c1ccc2cc(C(=O)N3CCCC3CCO)ccc2c1. The van der Waals surface area contributed by atoms with Gasteiger partial charge in [-0.15, -0.1) is 0 Å². The molecule has 1 atom stereocenters. The van der Waals surface area contributed by atoms with Gasteiger partial charge in [-0.2, -0.15) is 0 Å². The quantitative estimate of drug-likeness (QED) is 0.909. The van der Waals surface area contributed by atoms with E-state index in [1.807, 2.05) is 4.90 Å². The minimum atomic E-state index is -0.962. The maximum absolute atomic E-state index is 12.7. The Hall–Kier alpha value is -2.40. The molecular weight excluding hydrogens is 294 g/mol. The fourth-order valence-electron chi connectivity index (χ4n) is 3.23. The zero-order valence-corrected chi connectivity index (χ0v) is 12.7. The van der Waals surface area contributed by atoms with Gasteiger partial charge in [0.05, 0.1) is 5.56 Å². The van der Waals surface area contributed by atoms with Crippen molar-refractivity contribution in [2.45, 2.75) is 25.3 Å². The average Bonchev–Trinajstić information content (AvgIpc) is 3.01. The first-order valence-corrected chi connectivity index (χ1v) is 7.79. The second kappa shape index (κ2) is 6.38. The van der Waals surface area contributed by atoms with Gasteiger partial charge in [-0.05, 0) is 54.3 Å². The van der Waals surface area contributed by atoms with Crippen LogP contribution in [0.15, 0.2) is 36.4 Å². The van der Waals surface area contributed by atoms with Crippen LogP contribution in [-0.2, 0) is 0 Å². The van der Waals surface area contributed by atoms with E-state index in [4.69, 9.17) is 10.2 Å². The Morgan fingerprint density at radius 1 is 1.09 bits per heavy atom. The zero-order valence-electron chi connectivity index (χ0n) is 12.7. The van der Waals surface area contributed by atoms with E-state index in [2.05, 4.69) is 0 Å². The van der Waals surface area contributed by atoms with Gasteiger partial charge in [0.25, 0.3) is 5.91 Å². The van der Waals surface area contributed by atoms with Crippen LogP contribution >= 0.6 is 0 Å². The Bertz CT molecular complexity index is 756. The minimum absolute atomic E-state index is 0.0230. The summed E-state index contributed by atoms with van der Waals surface area (Å²) in [4.78, 5) is 25.5. The number of amides is 1. The van der Waals surface area contributed by atoms with Crippen molar-refractivity contribution in [3.63, 3.8) is 0 Å². The summed E-state index contributed by atoms with van der Waals surface area (Å²) in [5, 5.41) is 19.8. The molecule has 1 amide bonds. The zero-order chi connectivity index (χ0) is 16.4. The highest BCUT2D eigenvalue weighted by Gasteiger charge is 2.28. The highest BCUT2D eigenvalue weighted by atomic mass is 16.4. The van der Waals surface area contributed by atoms with Gasteiger partial charge >= 0.3 is 5.97 Å². The maximum Gasteiger partial charge on any atom is 0.335 e. The number of aliphatic hydroxyl groups is 1. The molecule has 23 heavy (non-hydrogen) atoms. The second-order valence-corrected chi connectivity index (χ2v) is 5.89. The second-order valence-electron chi connectivity index (χ2n) is 5.89. The topological polar surface area (TPSA) is 77.8 Å². The molecule has 0 aliphatic carbocycles. The van der Waals surface area contributed by atoms with Crippen LogP contribution in [0.2, 0.25) is 0 Å². The lowest BCUT2D eigenvalue weighted by atomic mass is 10.0. The number of likely N-dealkylation sites (tertiary alicyclic amines) is 1. The molecule has 1 unspecified atom stereocenters. The molecule has 0 aromatic heterocycles. The van der Waals surface area contributed by atoms with Gasteiger partial charge in [-0.25, -0.2) is 4.79 Å². The fraction of sp³-hybridized carbons (Fsp3) is 0.333. The van der Waals surface area contributed by atoms with Crippen molar-refractivity contribution in [2.75, 3.05) is 13.2 Å². The highest BCUT2D eigenvalue weighted by molar-refractivity contribution is 6.00. The highest BCUT2D eigenvalue weighted by Crippen LogP contribution is 2.24. The summed E-state index contributed by atoms with van der Waals surface area (Å²) in [6.07, 6.45) is 2.51. The first-order chi connectivity index (χ1) is 11.1. The van der Waals surface area contributed by atoms with Gasteiger partial charge in [0.15, 0.2) is 0 Å². The van der Waals surface area contributed by atoms with Crippen LogP contribution in [0.25, 0.3) is 10.8 Å². The van der Waals surface area contributed by atoms with E-state index in [1.165, 1.54) is 0 Å². The summed E-state index contributed by atoms with van der Waals surface area (Å²) in [6.45, 7) is 0.809. The maximum atomic E-state index is 12.7. The largest absolute Gasteiger partial charge is 0.478 e. The molecule has 0 radical (unpaired) electrons. The molecule has 1 heterocycles. The number of carbonyl (C=O) groups excluding carboxylic acids is 1. The number of aromatic carboxylic acids is 1. The average molecular weight is 313 g/mol.